The van der Waals surface area contributed by atoms with Crippen molar-refractivity contribution in [3.05, 3.63) is 53.1 Å². The minimum Gasteiger partial charge on any atom is -0.494 e. The van der Waals surface area contributed by atoms with Gasteiger partial charge < -0.3 is 10.1 Å². The second-order valence-electron chi connectivity index (χ2n) is 5.73. The molecular formula is C19H20N2O2S. The predicted octanol–water partition coefficient (Wildman–Crippen LogP) is 4.49. The Bertz CT molecular complexity index is 830. The number of nitrogens with zero attached hydrogens (tertiary/aromatic N) is 1. The number of amides is 1. The van der Waals surface area contributed by atoms with Crippen molar-refractivity contribution in [2.24, 2.45) is 0 Å². The lowest BCUT2D eigenvalue weighted by Crippen LogP contribution is -2.14. The van der Waals surface area contributed by atoms with E-state index in [-0.39, 0.29) is 5.91 Å². The minimum atomic E-state index is -0.0633. The summed E-state index contributed by atoms with van der Waals surface area (Å²) in [4.78, 5) is 16.7. The quantitative estimate of drug-likeness (QED) is 0.744. The van der Waals surface area contributed by atoms with Crippen molar-refractivity contribution in [3.8, 4) is 5.75 Å². The number of aromatic nitrogens is 1. The molecule has 1 aromatic heterocycles. The minimum absolute atomic E-state index is 0.0633. The van der Waals surface area contributed by atoms with E-state index in [9.17, 15) is 4.79 Å². The van der Waals surface area contributed by atoms with E-state index >= 15 is 0 Å². The van der Waals surface area contributed by atoms with Crippen molar-refractivity contribution >= 4 is 32.6 Å². The van der Waals surface area contributed by atoms with Gasteiger partial charge in [0.2, 0.25) is 5.91 Å². The van der Waals surface area contributed by atoms with Crippen molar-refractivity contribution in [3.63, 3.8) is 0 Å². The molecule has 5 heteroatoms. The van der Waals surface area contributed by atoms with E-state index < -0.39 is 0 Å². The van der Waals surface area contributed by atoms with Crippen LogP contribution >= 0.6 is 11.3 Å². The number of hydrogen-bond acceptors (Lipinski definition) is 4. The molecule has 1 amide bonds. The van der Waals surface area contributed by atoms with Crippen LogP contribution in [0.4, 0.5) is 5.13 Å². The molecule has 0 atom stereocenters. The molecule has 0 spiro atoms. The van der Waals surface area contributed by atoms with Crippen LogP contribution in [-0.4, -0.2) is 17.5 Å². The van der Waals surface area contributed by atoms with Gasteiger partial charge in [0.05, 0.1) is 23.2 Å². The van der Waals surface area contributed by atoms with E-state index in [4.69, 9.17) is 4.74 Å². The summed E-state index contributed by atoms with van der Waals surface area (Å²) < 4.78 is 6.50. The molecule has 1 N–H and O–H groups in total. The zero-order valence-corrected chi connectivity index (χ0v) is 14.9. The average molecular weight is 340 g/mol. The molecule has 3 aromatic rings. The number of rotatable bonds is 5. The molecule has 0 aliphatic rings. The van der Waals surface area contributed by atoms with Gasteiger partial charge >= 0.3 is 0 Å². The summed E-state index contributed by atoms with van der Waals surface area (Å²) >= 11 is 1.51. The van der Waals surface area contributed by atoms with Crippen LogP contribution in [0.5, 0.6) is 5.75 Å². The number of thiazole rings is 1. The Hall–Kier alpha value is -2.40. The van der Waals surface area contributed by atoms with Crippen molar-refractivity contribution in [1.29, 1.82) is 0 Å². The fraction of sp³-hybridized carbons (Fsp3) is 0.263. The Balaban J connectivity index is 1.68. The predicted molar refractivity (Wildman–Crippen MR) is 99.0 cm³/mol. The molecule has 24 heavy (non-hydrogen) atoms. The molecule has 2 aromatic carbocycles. The molecule has 0 aliphatic carbocycles. The van der Waals surface area contributed by atoms with Crippen molar-refractivity contribution in [2.45, 2.75) is 27.2 Å². The first-order valence-electron chi connectivity index (χ1n) is 7.94. The lowest BCUT2D eigenvalue weighted by molar-refractivity contribution is -0.115. The van der Waals surface area contributed by atoms with E-state index in [0.717, 1.165) is 21.5 Å². The number of anilines is 1. The fourth-order valence-electron chi connectivity index (χ4n) is 2.45. The zero-order valence-electron chi connectivity index (χ0n) is 14.1. The lowest BCUT2D eigenvalue weighted by atomic mass is 10.1. The van der Waals surface area contributed by atoms with Gasteiger partial charge in [-0.15, -0.1) is 0 Å². The highest BCUT2D eigenvalue weighted by molar-refractivity contribution is 7.22. The van der Waals surface area contributed by atoms with Gasteiger partial charge in [0.15, 0.2) is 5.13 Å². The third-order valence-corrected chi connectivity index (χ3v) is 4.78. The van der Waals surface area contributed by atoms with Crippen LogP contribution in [0.25, 0.3) is 10.2 Å². The molecule has 0 saturated heterocycles. The Morgan fingerprint density at radius 2 is 1.88 bits per heavy atom. The lowest BCUT2D eigenvalue weighted by Gasteiger charge is -2.05. The molecule has 0 radical (unpaired) electrons. The molecule has 4 nitrogen and oxygen atoms in total. The Morgan fingerprint density at radius 3 is 2.58 bits per heavy atom. The maximum absolute atomic E-state index is 12.2. The topological polar surface area (TPSA) is 51.2 Å². The summed E-state index contributed by atoms with van der Waals surface area (Å²) in [6.07, 6.45) is 0.320. The third kappa shape index (κ3) is 3.74. The zero-order chi connectivity index (χ0) is 17.1. The third-order valence-electron chi connectivity index (χ3n) is 3.85. The van der Waals surface area contributed by atoms with Crippen molar-refractivity contribution in [2.75, 3.05) is 11.9 Å². The molecule has 124 valence electrons. The highest BCUT2D eigenvalue weighted by atomic mass is 32.1. The number of carbonyl (C=O) groups is 1. The summed E-state index contributed by atoms with van der Waals surface area (Å²) in [6.45, 7) is 6.73. The number of fused-ring (bicyclic) bond motifs is 1. The summed E-state index contributed by atoms with van der Waals surface area (Å²) in [5, 5.41) is 3.54. The van der Waals surface area contributed by atoms with Gasteiger partial charge in [-0.25, -0.2) is 4.98 Å². The van der Waals surface area contributed by atoms with E-state index in [1.54, 1.807) is 0 Å². The van der Waals surface area contributed by atoms with Gasteiger partial charge in [-0.3, -0.25) is 4.79 Å². The van der Waals surface area contributed by atoms with Crippen LogP contribution in [0, 0.1) is 13.8 Å². The summed E-state index contributed by atoms with van der Waals surface area (Å²) in [5.41, 5.74) is 4.32. The fourth-order valence-corrected chi connectivity index (χ4v) is 3.41. The average Bonchev–Trinajstić information content (AvgIpc) is 2.91. The molecule has 0 fully saturated rings. The number of aryl methyl sites for hydroxylation is 2. The number of carbonyl (C=O) groups excluding carboxylic acids is 1. The monoisotopic (exact) mass is 340 g/mol. The highest BCUT2D eigenvalue weighted by Gasteiger charge is 2.10. The van der Waals surface area contributed by atoms with Gasteiger partial charge in [-0.1, -0.05) is 23.5 Å². The van der Waals surface area contributed by atoms with E-state index in [1.807, 2.05) is 31.2 Å². The van der Waals surface area contributed by atoms with Crippen LogP contribution in [0.2, 0.25) is 0 Å². The van der Waals surface area contributed by atoms with Crippen LogP contribution in [0.3, 0.4) is 0 Å². The molecule has 1 heterocycles. The summed E-state index contributed by atoms with van der Waals surface area (Å²) in [5.74, 6) is 0.755. The van der Waals surface area contributed by atoms with E-state index in [1.165, 1.54) is 22.5 Å². The number of ether oxygens (including phenoxy) is 1. The maximum Gasteiger partial charge on any atom is 0.230 e. The van der Waals surface area contributed by atoms with Gasteiger partial charge in [0, 0.05) is 0 Å². The first kappa shape index (κ1) is 16.5. The molecular weight excluding hydrogens is 320 g/mol. The molecule has 3 rings (SSSR count). The first-order chi connectivity index (χ1) is 11.5. The normalized spacial score (nSPS) is 10.8. The smallest absolute Gasteiger partial charge is 0.230 e. The molecule has 0 saturated carbocycles. The second-order valence-corrected chi connectivity index (χ2v) is 6.76. The SMILES string of the molecule is CCOc1ccc(CC(=O)Nc2nc3cc(C)c(C)cc3s2)cc1. The van der Waals surface area contributed by atoms with Crippen LogP contribution < -0.4 is 10.1 Å². The number of nitrogens with one attached hydrogen (secondary N) is 1. The van der Waals surface area contributed by atoms with Crippen LogP contribution in [0.15, 0.2) is 36.4 Å². The van der Waals surface area contributed by atoms with Crippen LogP contribution in [0.1, 0.15) is 23.6 Å². The van der Waals surface area contributed by atoms with E-state index in [2.05, 4.69) is 36.3 Å². The largest absolute Gasteiger partial charge is 0.494 e. The molecule has 0 unspecified atom stereocenters. The van der Waals surface area contributed by atoms with Gasteiger partial charge in [0.1, 0.15) is 5.75 Å². The number of hydrogen-bond donors (Lipinski definition) is 1. The summed E-state index contributed by atoms with van der Waals surface area (Å²) in [7, 11) is 0. The van der Waals surface area contributed by atoms with Gasteiger partial charge in [-0.2, -0.15) is 0 Å². The highest BCUT2D eigenvalue weighted by Crippen LogP contribution is 2.28. The van der Waals surface area contributed by atoms with Crippen LogP contribution in [-0.2, 0) is 11.2 Å². The number of benzene rings is 2. The molecule has 0 aliphatic heterocycles. The van der Waals surface area contributed by atoms with Gasteiger partial charge in [-0.05, 0) is 61.7 Å². The Labute approximate surface area is 145 Å². The second kappa shape index (κ2) is 7.01. The first-order valence-corrected chi connectivity index (χ1v) is 8.76. The summed E-state index contributed by atoms with van der Waals surface area (Å²) in [6, 6.07) is 11.8. The van der Waals surface area contributed by atoms with E-state index in [0.29, 0.717) is 18.2 Å². The van der Waals surface area contributed by atoms with Crippen molar-refractivity contribution in [1.82, 2.24) is 4.98 Å². The maximum atomic E-state index is 12.2. The Kier molecular flexibility index (Phi) is 4.81. The van der Waals surface area contributed by atoms with Gasteiger partial charge in [0.25, 0.3) is 0 Å². The Morgan fingerprint density at radius 1 is 1.17 bits per heavy atom. The molecule has 0 bridgehead atoms. The standard InChI is InChI=1S/C19H20N2O2S/c1-4-23-15-7-5-14(6-8-15)11-18(22)21-19-20-16-9-12(2)13(3)10-17(16)24-19/h5-10H,4,11H2,1-3H3,(H,20,21,22). The van der Waals surface area contributed by atoms with Crippen molar-refractivity contribution < 1.29 is 9.53 Å².